The molecule has 3 rings (SSSR count). The van der Waals surface area contributed by atoms with Gasteiger partial charge in [0.15, 0.2) is 0 Å². The van der Waals surface area contributed by atoms with Gasteiger partial charge in [0.2, 0.25) is 0 Å². The van der Waals surface area contributed by atoms with Crippen LogP contribution < -0.4 is 9.47 Å². The van der Waals surface area contributed by atoms with Gasteiger partial charge in [0.05, 0.1) is 14.2 Å². The zero-order chi connectivity index (χ0) is 18.4. The van der Waals surface area contributed by atoms with Crippen molar-refractivity contribution in [3.63, 3.8) is 0 Å². The van der Waals surface area contributed by atoms with Gasteiger partial charge in [-0.3, -0.25) is 0 Å². The van der Waals surface area contributed by atoms with Gasteiger partial charge in [0.1, 0.15) is 11.5 Å². The molecule has 2 aromatic carbocycles. The first-order valence-electron chi connectivity index (χ1n) is 9.35. The Morgan fingerprint density at radius 1 is 0.962 bits per heavy atom. The van der Waals surface area contributed by atoms with E-state index in [1.54, 1.807) is 14.2 Å². The van der Waals surface area contributed by atoms with Crippen molar-refractivity contribution < 1.29 is 9.47 Å². The second-order valence-electron chi connectivity index (χ2n) is 7.09. The van der Waals surface area contributed by atoms with Crippen LogP contribution in [-0.4, -0.2) is 38.8 Å². The number of methoxy groups -OCH3 is 2. The van der Waals surface area contributed by atoms with E-state index in [0.29, 0.717) is 0 Å². The highest BCUT2D eigenvalue weighted by atomic mass is 79.9. The predicted molar refractivity (Wildman–Crippen MR) is 110 cm³/mol. The monoisotopic (exact) mass is 417 g/mol. The van der Waals surface area contributed by atoms with Gasteiger partial charge in [-0.25, -0.2) is 0 Å². The zero-order valence-corrected chi connectivity index (χ0v) is 17.3. The molecule has 0 aromatic heterocycles. The maximum atomic E-state index is 5.39. The lowest BCUT2D eigenvalue weighted by Crippen LogP contribution is -2.35. The van der Waals surface area contributed by atoms with E-state index in [2.05, 4.69) is 51.2 Å². The third kappa shape index (κ3) is 5.49. The highest BCUT2D eigenvalue weighted by Crippen LogP contribution is 2.27. The van der Waals surface area contributed by atoms with Crippen molar-refractivity contribution in [2.45, 2.75) is 25.7 Å². The standard InChI is InChI=1S/C22H28BrNO2/c1-25-21-5-3-4-17(14-21)6-9-24-10-7-18(8-11-24)12-19-13-20(23)16-22(15-19)26-2/h3-5,13-16,18H,6-12H2,1-2H3. The molecule has 1 aliphatic rings. The van der Waals surface area contributed by atoms with Crippen molar-refractivity contribution in [3.05, 3.63) is 58.1 Å². The fourth-order valence-corrected chi connectivity index (χ4v) is 4.24. The number of benzene rings is 2. The highest BCUT2D eigenvalue weighted by molar-refractivity contribution is 9.10. The average Bonchev–Trinajstić information content (AvgIpc) is 2.67. The number of piperidine rings is 1. The van der Waals surface area contributed by atoms with Gasteiger partial charge in [-0.05, 0) is 86.1 Å². The quantitative estimate of drug-likeness (QED) is 0.634. The van der Waals surface area contributed by atoms with Crippen LogP contribution in [0.2, 0.25) is 0 Å². The summed E-state index contributed by atoms with van der Waals surface area (Å²) in [5.74, 6) is 2.65. The summed E-state index contributed by atoms with van der Waals surface area (Å²) in [5.41, 5.74) is 2.72. The molecule has 1 fully saturated rings. The Morgan fingerprint density at radius 2 is 1.69 bits per heavy atom. The third-order valence-corrected chi connectivity index (χ3v) is 5.71. The minimum absolute atomic E-state index is 0.766. The smallest absolute Gasteiger partial charge is 0.120 e. The summed E-state index contributed by atoms with van der Waals surface area (Å²) >= 11 is 3.58. The largest absolute Gasteiger partial charge is 0.497 e. The average molecular weight is 418 g/mol. The fourth-order valence-electron chi connectivity index (χ4n) is 3.72. The van der Waals surface area contributed by atoms with Gasteiger partial charge in [0, 0.05) is 11.0 Å². The number of nitrogens with zero attached hydrogens (tertiary/aromatic N) is 1. The van der Waals surface area contributed by atoms with Gasteiger partial charge in [-0.2, -0.15) is 0 Å². The Balaban J connectivity index is 1.46. The number of hydrogen-bond donors (Lipinski definition) is 0. The summed E-state index contributed by atoms with van der Waals surface area (Å²) in [4.78, 5) is 2.59. The first kappa shape index (κ1) is 19.2. The van der Waals surface area contributed by atoms with Crippen molar-refractivity contribution in [3.8, 4) is 11.5 Å². The first-order chi connectivity index (χ1) is 12.7. The van der Waals surface area contributed by atoms with Crippen molar-refractivity contribution in [1.29, 1.82) is 0 Å². The Labute approximate surface area is 165 Å². The Kier molecular flexibility index (Phi) is 6.98. The molecule has 0 unspecified atom stereocenters. The van der Waals surface area contributed by atoms with Crippen LogP contribution in [0.5, 0.6) is 11.5 Å². The van der Waals surface area contributed by atoms with Crippen LogP contribution in [0.4, 0.5) is 0 Å². The third-order valence-electron chi connectivity index (χ3n) is 5.25. The Bertz CT molecular complexity index is 711. The molecule has 0 spiro atoms. The van der Waals surface area contributed by atoms with E-state index in [1.807, 2.05) is 12.1 Å². The normalized spacial score (nSPS) is 15.8. The second kappa shape index (κ2) is 9.43. The van der Waals surface area contributed by atoms with Crippen LogP contribution in [-0.2, 0) is 12.8 Å². The van der Waals surface area contributed by atoms with E-state index in [0.717, 1.165) is 41.3 Å². The predicted octanol–water partition coefficient (Wildman–Crippen LogP) is 4.96. The zero-order valence-electron chi connectivity index (χ0n) is 15.7. The Hall–Kier alpha value is -1.52. The van der Waals surface area contributed by atoms with Gasteiger partial charge in [-0.15, -0.1) is 0 Å². The molecule has 1 saturated heterocycles. The van der Waals surface area contributed by atoms with Crippen LogP contribution in [0.25, 0.3) is 0 Å². The van der Waals surface area contributed by atoms with Crippen molar-refractivity contribution in [2.24, 2.45) is 5.92 Å². The van der Waals surface area contributed by atoms with Gasteiger partial charge in [0.25, 0.3) is 0 Å². The molecule has 26 heavy (non-hydrogen) atoms. The molecule has 1 heterocycles. The highest BCUT2D eigenvalue weighted by Gasteiger charge is 2.19. The van der Waals surface area contributed by atoms with Crippen LogP contribution in [0.15, 0.2) is 46.9 Å². The maximum absolute atomic E-state index is 5.39. The molecule has 0 bridgehead atoms. The molecule has 3 nitrogen and oxygen atoms in total. The summed E-state index contributed by atoms with van der Waals surface area (Å²) in [6.07, 6.45) is 4.77. The van der Waals surface area contributed by atoms with Crippen molar-refractivity contribution >= 4 is 15.9 Å². The summed E-state index contributed by atoms with van der Waals surface area (Å²) in [5, 5.41) is 0. The van der Waals surface area contributed by atoms with Gasteiger partial charge < -0.3 is 14.4 Å². The van der Waals surface area contributed by atoms with E-state index in [9.17, 15) is 0 Å². The van der Waals surface area contributed by atoms with Crippen LogP contribution in [0.1, 0.15) is 24.0 Å². The molecule has 0 saturated carbocycles. The van der Waals surface area contributed by atoms with E-state index in [-0.39, 0.29) is 0 Å². The van der Waals surface area contributed by atoms with Crippen molar-refractivity contribution in [2.75, 3.05) is 33.9 Å². The van der Waals surface area contributed by atoms with E-state index < -0.39 is 0 Å². The molecule has 0 aliphatic carbocycles. The van der Waals surface area contributed by atoms with E-state index >= 15 is 0 Å². The topological polar surface area (TPSA) is 21.7 Å². The lowest BCUT2D eigenvalue weighted by molar-refractivity contribution is 0.186. The number of halogens is 1. The molecule has 0 radical (unpaired) electrons. The molecule has 1 aliphatic heterocycles. The van der Waals surface area contributed by atoms with Gasteiger partial charge in [-0.1, -0.05) is 28.1 Å². The summed E-state index contributed by atoms with van der Waals surface area (Å²) in [6.45, 7) is 3.52. The number of likely N-dealkylation sites (tertiary alicyclic amines) is 1. The molecule has 4 heteroatoms. The summed E-state index contributed by atoms with van der Waals surface area (Å²) < 4.78 is 11.8. The number of hydrogen-bond acceptors (Lipinski definition) is 3. The lowest BCUT2D eigenvalue weighted by Gasteiger charge is -2.32. The van der Waals surface area contributed by atoms with E-state index in [4.69, 9.17) is 9.47 Å². The molecule has 140 valence electrons. The molecule has 0 atom stereocenters. The molecule has 0 N–H and O–H groups in total. The summed E-state index contributed by atoms with van der Waals surface area (Å²) in [7, 11) is 3.46. The van der Waals surface area contributed by atoms with E-state index in [1.165, 1.54) is 37.1 Å². The maximum Gasteiger partial charge on any atom is 0.120 e. The number of ether oxygens (including phenoxy) is 2. The molecule has 0 amide bonds. The molecule has 2 aromatic rings. The summed E-state index contributed by atoms with van der Waals surface area (Å²) in [6, 6.07) is 14.8. The Morgan fingerprint density at radius 3 is 2.42 bits per heavy atom. The molecular formula is C22H28BrNO2. The van der Waals surface area contributed by atoms with Crippen LogP contribution >= 0.6 is 15.9 Å². The second-order valence-corrected chi connectivity index (χ2v) is 8.01. The minimum atomic E-state index is 0.766. The first-order valence-corrected chi connectivity index (χ1v) is 10.1. The lowest BCUT2D eigenvalue weighted by atomic mass is 9.90. The minimum Gasteiger partial charge on any atom is -0.497 e. The fraction of sp³-hybridized carbons (Fsp3) is 0.455. The van der Waals surface area contributed by atoms with Crippen LogP contribution in [0, 0.1) is 5.92 Å². The van der Waals surface area contributed by atoms with Crippen LogP contribution in [0.3, 0.4) is 0 Å². The molecular weight excluding hydrogens is 390 g/mol. The van der Waals surface area contributed by atoms with Crippen molar-refractivity contribution in [1.82, 2.24) is 4.90 Å². The number of rotatable bonds is 7. The SMILES string of the molecule is COc1cccc(CCN2CCC(Cc3cc(Br)cc(OC)c3)CC2)c1. The van der Waals surface area contributed by atoms with Gasteiger partial charge >= 0.3 is 0 Å².